The third-order valence-corrected chi connectivity index (χ3v) is 5.78. The second-order valence-corrected chi connectivity index (χ2v) is 7.69. The summed E-state index contributed by atoms with van der Waals surface area (Å²) in [6.07, 6.45) is 2.95. The van der Waals surface area contributed by atoms with Crippen LogP contribution in [0.15, 0.2) is 18.2 Å². The van der Waals surface area contributed by atoms with Crippen LogP contribution < -0.4 is 10.2 Å². The van der Waals surface area contributed by atoms with E-state index >= 15 is 0 Å². The topological polar surface area (TPSA) is 95.5 Å². The molecular weight excluding hydrogens is 374 g/mol. The summed E-state index contributed by atoms with van der Waals surface area (Å²) in [6, 6.07) is 4.33. The van der Waals surface area contributed by atoms with Crippen molar-refractivity contribution >= 4 is 58.1 Å². The Hall–Kier alpha value is -2.20. The molecule has 1 N–H and O–H groups in total. The minimum Gasteiger partial charge on any atom is -0.352 e. The molecular formula is C16H17N5O3S2. The summed E-state index contributed by atoms with van der Waals surface area (Å²) in [4.78, 5) is 40.5. The van der Waals surface area contributed by atoms with E-state index in [1.807, 2.05) is 6.26 Å². The summed E-state index contributed by atoms with van der Waals surface area (Å²) in [5.41, 5.74) is 1.70. The highest BCUT2D eigenvalue weighted by atomic mass is 32.2. The average Bonchev–Trinajstić information content (AvgIpc) is 3.19. The van der Waals surface area contributed by atoms with Crippen LogP contribution in [0.1, 0.15) is 12.8 Å². The molecule has 4 amide bonds. The fourth-order valence-corrected chi connectivity index (χ4v) is 4.42. The number of imide groups is 1. The highest BCUT2D eigenvalue weighted by molar-refractivity contribution is 7.99. The van der Waals surface area contributed by atoms with Crippen molar-refractivity contribution < 1.29 is 14.4 Å². The van der Waals surface area contributed by atoms with Crippen molar-refractivity contribution in [1.82, 2.24) is 19.0 Å². The Balaban J connectivity index is 1.58. The summed E-state index contributed by atoms with van der Waals surface area (Å²) in [5, 5.41) is 2.96. The second kappa shape index (κ2) is 6.84. The lowest BCUT2D eigenvalue weighted by molar-refractivity contribution is -0.123. The zero-order chi connectivity index (χ0) is 18.3. The molecule has 0 aliphatic carbocycles. The van der Waals surface area contributed by atoms with E-state index < -0.39 is 6.04 Å². The van der Waals surface area contributed by atoms with E-state index in [2.05, 4.69) is 14.1 Å². The van der Waals surface area contributed by atoms with E-state index in [0.29, 0.717) is 41.9 Å². The Bertz CT molecular complexity index is 886. The molecule has 0 spiro atoms. The first kappa shape index (κ1) is 17.2. The maximum Gasteiger partial charge on any atom is 0.332 e. The van der Waals surface area contributed by atoms with Gasteiger partial charge in [-0.15, -0.1) is 0 Å². The Morgan fingerprint density at radius 3 is 3.04 bits per heavy atom. The van der Waals surface area contributed by atoms with Crippen LogP contribution in [0.5, 0.6) is 0 Å². The summed E-state index contributed by atoms with van der Waals surface area (Å²) in [6.45, 7) is 0.446. The molecule has 10 heteroatoms. The van der Waals surface area contributed by atoms with Crippen molar-refractivity contribution in [3.8, 4) is 0 Å². The van der Waals surface area contributed by atoms with Crippen molar-refractivity contribution in [3.05, 3.63) is 18.2 Å². The Kier molecular flexibility index (Phi) is 4.53. The molecule has 2 aromatic rings. The van der Waals surface area contributed by atoms with E-state index in [1.54, 1.807) is 23.1 Å². The number of carbonyl (C=O) groups is 3. The maximum absolute atomic E-state index is 13.0. The third kappa shape index (κ3) is 2.82. The molecule has 0 saturated carbocycles. The molecule has 2 atom stereocenters. The van der Waals surface area contributed by atoms with Gasteiger partial charge in [-0.3, -0.25) is 9.59 Å². The number of benzene rings is 1. The zero-order valence-corrected chi connectivity index (χ0v) is 15.7. The standard InChI is InChI=1S/C16H17N5O3S2/c1-25-8-13(22)17-9-5-6-20-12(7-9)15(23)21(16(20)24)11-4-2-3-10-14(11)19-26-18-10/h2-4,9,12H,5-8H2,1H3,(H,17,22)/t9-,12+/m1/s1. The number of rotatable bonds is 4. The number of hydrogen-bond donors (Lipinski definition) is 1. The van der Waals surface area contributed by atoms with E-state index in [4.69, 9.17) is 0 Å². The summed E-state index contributed by atoms with van der Waals surface area (Å²) in [5.74, 6) is 0.0881. The van der Waals surface area contributed by atoms with Crippen LogP contribution in [0.4, 0.5) is 10.5 Å². The van der Waals surface area contributed by atoms with Crippen LogP contribution >= 0.6 is 23.5 Å². The molecule has 4 rings (SSSR count). The minimum absolute atomic E-state index is 0.0390. The molecule has 0 unspecified atom stereocenters. The number of anilines is 1. The molecule has 1 aromatic carbocycles. The molecule has 2 aliphatic heterocycles. The molecule has 1 aromatic heterocycles. The van der Waals surface area contributed by atoms with Crippen molar-refractivity contribution in [2.24, 2.45) is 0 Å². The third-order valence-electron chi connectivity index (χ3n) is 4.69. The smallest absolute Gasteiger partial charge is 0.332 e. The van der Waals surface area contributed by atoms with Gasteiger partial charge in [-0.25, -0.2) is 9.69 Å². The Morgan fingerprint density at radius 1 is 1.38 bits per heavy atom. The lowest BCUT2D eigenvalue weighted by Crippen LogP contribution is -2.50. The zero-order valence-electron chi connectivity index (χ0n) is 14.0. The van der Waals surface area contributed by atoms with Gasteiger partial charge in [0.1, 0.15) is 17.1 Å². The van der Waals surface area contributed by atoms with Gasteiger partial charge < -0.3 is 10.2 Å². The first-order valence-electron chi connectivity index (χ1n) is 8.24. The van der Waals surface area contributed by atoms with Gasteiger partial charge in [-0.2, -0.15) is 20.5 Å². The van der Waals surface area contributed by atoms with Gasteiger partial charge in [-0.1, -0.05) is 6.07 Å². The fraction of sp³-hybridized carbons (Fsp3) is 0.438. The molecule has 2 fully saturated rings. The van der Waals surface area contributed by atoms with Crippen LogP contribution in [-0.2, 0) is 9.59 Å². The van der Waals surface area contributed by atoms with Crippen molar-refractivity contribution in [2.45, 2.75) is 24.9 Å². The Morgan fingerprint density at radius 2 is 2.23 bits per heavy atom. The monoisotopic (exact) mass is 391 g/mol. The molecule has 3 heterocycles. The molecule has 0 bridgehead atoms. The first-order chi connectivity index (χ1) is 12.6. The van der Waals surface area contributed by atoms with Crippen LogP contribution in [0.3, 0.4) is 0 Å². The van der Waals surface area contributed by atoms with E-state index in [-0.39, 0.29) is 23.9 Å². The number of hydrogen-bond acceptors (Lipinski definition) is 7. The predicted octanol–water partition coefficient (Wildman–Crippen LogP) is 1.47. The number of thioether (sulfide) groups is 1. The van der Waals surface area contributed by atoms with Crippen molar-refractivity contribution in [3.63, 3.8) is 0 Å². The van der Waals surface area contributed by atoms with Crippen LogP contribution in [0.2, 0.25) is 0 Å². The summed E-state index contributed by atoms with van der Waals surface area (Å²) < 4.78 is 8.40. The molecule has 26 heavy (non-hydrogen) atoms. The van der Waals surface area contributed by atoms with E-state index in [0.717, 1.165) is 11.7 Å². The molecule has 0 radical (unpaired) electrons. The number of fused-ring (bicyclic) bond motifs is 2. The molecule has 136 valence electrons. The van der Waals surface area contributed by atoms with E-state index in [1.165, 1.54) is 16.7 Å². The predicted molar refractivity (Wildman–Crippen MR) is 100 cm³/mol. The molecule has 2 saturated heterocycles. The van der Waals surface area contributed by atoms with Crippen LogP contribution in [-0.4, -0.2) is 62.1 Å². The lowest BCUT2D eigenvalue weighted by atomic mass is 9.98. The number of piperidine rings is 1. The largest absolute Gasteiger partial charge is 0.352 e. The number of nitrogens with zero attached hydrogens (tertiary/aromatic N) is 4. The number of urea groups is 1. The average molecular weight is 391 g/mol. The number of nitrogens with one attached hydrogen (secondary N) is 1. The van der Waals surface area contributed by atoms with Gasteiger partial charge in [0.15, 0.2) is 0 Å². The number of aromatic nitrogens is 2. The van der Waals surface area contributed by atoms with E-state index in [9.17, 15) is 14.4 Å². The second-order valence-electron chi connectivity index (χ2n) is 6.30. The first-order valence-corrected chi connectivity index (χ1v) is 10.4. The SMILES string of the molecule is CSCC(=O)N[C@@H]1CCN2C(=O)N(c3cccc4nsnc34)C(=O)[C@@H]2C1. The molecule has 2 aliphatic rings. The quantitative estimate of drug-likeness (QED) is 0.793. The van der Waals surface area contributed by atoms with Crippen molar-refractivity contribution in [1.29, 1.82) is 0 Å². The highest BCUT2D eigenvalue weighted by Crippen LogP contribution is 2.34. The van der Waals surface area contributed by atoms with Crippen LogP contribution in [0.25, 0.3) is 11.0 Å². The summed E-state index contributed by atoms with van der Waals surface area (Å²) in [7, 11) is 0. The normalized spacial score (nSPS) is 22.8. The maximum atomic E-state index is 13.0. The Labute approximate surface area is 158 Å². The number of carbonyl (C=O) groups excluding carboxylic acids is 3. The van der Waals surface area contributed by atoms with Gasteiger partial charge >= 0.3 is 6.03 Å². The van der Waals surface area contributed by atoms with Gasteiger partial charge in [0.2, 0.25) is 5.91 Å². The van der Waals surface area contributed by atoms with Gasteiger partial charge in [0, 0.05) is 12.6 Å². The lowest BCUT2D eigenvalue weighted by Gasteiger charge is -2.32. The van der Waals surface area contributed by atoms with Gasteiger partial charge in [0.25, 0.3) is 5.91 Å². The molecule has 8 nitrogen and oxygen atoms in total. The fourth-order valence-electron chi connectivity index (χ4n) is 3.53. The summed E-state index contributed by atoms with van der Waals surface area (Å²) >= 11 is 2.51. The minimum atomic E-state index is -0.544. The number of amides is 4. The van der Waals surface area contributed by atoms with Gasteiger partial charge in [0.05, 0.1) is 23.2 Å². The van der Waals surface area contributed by atoms with Gasteiger partial charge in [-0.05, 0) is 31.2 Å². The highest BCUT2D eigenvalue weighted by Gasteiger charge is 2.49. The van der Waals surface area contributed by atoms with Crippen molar-refractivity contribution in [2.75, 3.05) is 23.5 Å². The van der Waals surface area contributed by atoms with Crippen LogP contribution in [0, 0.1) is 0 Å².